The first kappa shape index (κ1) is 18.4. The summed E-state index contributed by atoms with van der Waals surface area (Å²) in [5.74, 6) is 1.73. The predicted molar refractivity (Wildman–Crippen MR) is 101 cm³/mol. The summed E-state index contributed by atoms with van der Waals surface area (Å²) >= 11 is 0. The lowest BCUT2D eigenvalue weighted by Crippen LogP contribution is -2.32. The Labute approximate surface area is 153 Å². The van der Waals surface area contributed by atoms with Gasteiger partial charge in [0.15, 0.2) is 9.84 Å². The van der Waals surface area contributed by atoms with Crippen molar-refractivity contribution in [2.45, 2.75) is 18.9 Å². The fraction of sp³-hybridized carbons (Fsp3) is 0.316. The Morgan fingerprint density at radius 1 is 1.04 bits per heavy atom. The number of benzene rings is 2. The molecule has 1 amide bonds. The van der Waals surface area contributed by atoms with Crippen LogP contribution in [0, 0.1) is 0 Å². The maximum absolute atomic E-state index is 12.0. The van der Waals surface area contributed by atoms with Crippen molar-refractivity contribution in [3.8, 4) is 11.5 Å². The highest BCUT2D eigenvalue weighted by atomic mass is 32.2. The molecule has 0 aromatic heterocycles. The summed E-state index contributed by atoms with van der Waals surface area (Å²) in [4.78, 5) is 12.0. The van der Waals surface area contributed by atoms with E-state index in [1.54, 1.807) is 24.3 Å². The van der Waals surface area contributed by atoms with E-state index in [0.29, 0.717) is 30.8 Å². The van der Waals surface area contributed by atoms with Crippen LogP contribution >= 0.6 is 0 Å². The molecule has 2 aromatic carbocycles. The average Bonchev–Trinajstić information content (AvgIpc) is 2.96. The topological polar surface area (TPSA) is 84.5 Å². The number of ether oxygens (including phenoxy) is 1. The van der Waals surface area contributed by atoms with E-state index in [1.807, 2.05) is 30.3 Å². The fourth-order valence-electron chi connectivity index (χ4n) is 2.80. The maximum atomic E-state index is 12.0. The number of sulfone groups is 1. The van der Waals surface area contributed by atoms with Crippen LogP contribution in [0.15, 0.2) is 54.6 Å². The van der Waals surface area contributed by atoms with Gasteiger partial charge in [0, 0.05) is 24.7 Å². The van der Waals surface area contributed by atoms with Gasteiger partial charge in [0.1, 0.15) is 11.5 Å². The molecule has 0 aliphatic carbocycles. The average molecular weight is 374 g/mol. The Balaban J connectivity index is 1.41. The van der Waals surface area contributed by atoms with Crippen molar-refractivity contribution < 1.29 is 17.9 Å². The van der Waals surface area contributed by atoms with Crippen LogP contribution in [-0.4, -0.2) is 38.4 Å². The predicted octanol–water partition coefficient (Wildman–Crippen LogP) is 2.58. The van der Waals surface area contributed by atoms with Crippen molar-refractivity contribution in [1.82, 2.24) is 5.32 Å². The largest absolute Gasteiger partial charge is 0.457 e. The third-order valence-corrected chi connectivity index (χ3v) is 5.90. The molecule has 1 aliphatic rings. The third-order valence-electron chi connectivity index (χ3n) is 4.13. The lowest BCUT2D eigenvalue weighted by molar-refractivity contribution is -0.116. The quantitative estimate of drug-likeness (QED) is 0.778. The summed E-state index contributed by atoms with van der Waals surface area (Å²) < 4.78 is 28.5. The highest BCUT2D eigenvalue weighted by molar-refractivity contribution is 7.91. The minimum atomic E-state index is -2.90. The molecule has 3 rings (SSSR count). The molecule has 0 spiro atoms. The normalized spacial score (nSPS) is 18.4. The highest BCUT2D eigenvalue weighted by Crippen LogP contribution is 2.22. The van der Waals surface area contributed by atoms with Crippen molar-refractivity contribution >= 4 is 21.4 Å². The summed E-state index contributed by atoms with van der Waals surface area (Å²) in [5.41, 5.74) is 0.693. The standard InChI is InChI=1S/C19H22N2O4S/c22-19(10-12-20-16-11-13-26(23,24)14-16)21-15-6-8-18(9-7-15)25-17-4-2-1-3-5-17/h1-9,16,20H,10-14H2,(H,21,22). The maximum Gasteiger partial charge on any atom is 0.225 e. The Kier molecular flexibility index (Phi) is 5.90. The first-order valence-electron chi connectivity index (χ1n) is 8.57. The second-order valence-electron chi connectivity index (χ2n) is 6.29. The Morgan fingerprint density at radius 2 is 1.73 bits per heavy atom. The smallest absolute Gasteiger partial charge is 0.225 e. The Morgan fingerprint density at radius 3 is 2.38 bits per heavy atom. The molecule has 6 nitrogen and oxygen atoms in total. The lowest BCUT2D eigenvalue weighted by atomic mass is 10.2. The minimum Gasteiger partial charge on any atom is -0.457 e. The Bertz CT molecular complexity index is 836. The molecule has 1 atom stereocenters. The number of hydrogen-bond acceptors (Lipinski definition) is 5. The zero-order valence-electron chi connectivity index (χ0n) is 14.4. The molecular weight excluding hydrogens is 352 g/mol. The van der Waals surface area contributed by atoms with Gasteiger partial charge >= 0.3 is 0 Å². The van der Waals surface area contributed by atoms with Crippen molar-refractivity contribution in [1.29, 1.82) is 0 Å². The summed E-state index contributed by atoms with van der Waals surface area (Å²) in [6.07, 6.45) is 0.908. The van der Waals surface area contributed by atoms with E-state index >= 15 is 0 Å². The van der Waals surface area contributed by atoms with Crippen molar-refractivity contribution in [2.24, 2.45) is 0 Å². The van der Waals surface area contributed by atoms with Gasteiger partial charge in [-0.15, -0.1) is 0 Å². The van der Waals surface area contributed by atoms with Gasteiger partial charge in [-0.1, -0.05) is 18.2 Å². The number of carbonyl (C=O) groups is 1. The SMILES string of the molecule is O=C(CCNC1CCS(=O)(=O)C1)Nc1ccc(Oc2ccccc2)cc1. The number of carbonyl (C=O) groups excluding carboxylic acids is 1. The van der Waals surface area contributed by atoms with Crippen LogP contribution in [-0.2, 0) is 14.6 Å². The van der Waals surface area contributed by atoms with Crippen LogP contribution < -0.4 is 15.4 Å². The number of amides is 1. The number of hydrogen-bond donors (Lipinski definition) is 2. The number of nitrogens with one attached hydrogen (secondary N) is 2. The van der Waals surface area contributed by atoms with Crippen LogP contribution in [0.25, 0.3) is 0 Å². The molecular formula is C19H22N2O4S. The van der Waals surface area contributed by atoms with Gasteiger partial charge in [-0.05, 0) is 42.8 Å². The van der Waals surface area contributed by atoms with E-state index in [1.165, 1.54) is 0 Å². The molecule has 2 N–H and O–H groups in total. The summed E-state index contributed by atoms with van der Waals surface area (Å²) in [5, 5.41) is 5.95. The van der Waals surface area contributed by atoms with Crippen molar-refractivity contribution in [3.63, 3.8) is 0 Å². The van der Waals surface area contributed by atoms with Crippen molar-refractivity contribution in [3.05, 3.63) is 54.6 Å². The molecule has 138 valence electrons. The Hall–Kier alpha value is -2.38. The molecule has 2 aromatic rings. The van der Waals surface area contributed by atoms with E-state index in [0.717, 1.165) is 5.75 Å². The first-order valence-corrected chi connectivity index (χ1v) is 10.4. The monoisotopic (exact) mass is 374 g/mol. The van der Waals surface area contributed by atoms with Gasteiger partial charge in [0.2, 0.25) is 5.91 Å². The van der Waals surface area contributed by atoms with Crippen LogP contribution in [0.2, 0.25) is 0 Å². The number of para-hydroxylation sites is 1. The molecule has 1 fully saturated rings. The summed E-state index contributed by atoms with van der Waals surface area (Å²) in [6, 6.07) is 16.6. The van der Waals surface area contributed by atoms with Gasteiger partial charge < -0.3 is 15.4 Å². The highest BCUT2D eigenvalue weighted by Gasteiger charge is 2.27. The second kappa shape index (κ2) is 8.33. The first-order chi connectivity index (χ1) is 12.5. The van der Waals surface area contributed by atoms with Gasteiger partial charge in [0.25, 0.3) is 0 Å². The minimum absolute atomic E-state index is 0.0396. The van der Waals surface area contributed by atoms with E-state index in [2.05, 4.69) is 10.6 Å². The molecule has 26 heavy (non-hydrogen) atoms. The number of anilines is 1. The molecule has 7 heteroatoms. The third kappa shape index (κ3) is 5.57. The molecule has 1 unspecified atom stereocenters. The summed E-state index contributed by atoms with van der Waals surface area (Å²) in [6.45, 7) is 0.460. The van der Waals surface area contributed by atoms with Crippen LogP contribution in [0.5, 0.6) is 11.5 Å². The van der Waals surface area contributed by atoms with Gasteiger partial charge in [-0.2, -0.15) is 0 Å². The van der Waals surface area contributed by atoms with Crippen molar-refractivity contribution in [2.75, 3.05) is 23.4 Å². The zero-order chi connectivity index (χ0) is 18.4. The fourth-order valence-corrected chi connectivity index (χ4v) is 4.51. The molecule has 1 aliphatic heterocycles. The van der Waals surface area contributed by atoms with Gasteiger partial charge in [-0.3, -0.25) is 4.79 Å². The second-order valence-corrected chi connectivity index (χ2v) is 8.52. The molecule has 0 radical (unpaired) electrons. The molecule has 1 saturated heterocycles. The molecule has 0 saturated carbocycles. The van der Waals surface area contributed by atoms with Crippen LogP contribution in [0.3, 0.4) is 0 Å². The molecule has 0 bridgehead atoms. The summed E-state index contributed by atoms with van der Waals surface area (Å²) in [7, 11) is -2.90. The van der Waals surface area contributed by atoms with Crippen LogP contribution in [0.4, 0.5) is 5.69 Å². The van der Waals surface area contributed by atoms with E-state index in [-0.39, 0.29) is 23.5 Å². The van der Waals surface area contributed by atoms with Gasteiger partial charge in [-0.25, -0.2) is 8.42 Å². The van der Waals surface area contributed by atoms with E-state index < -0.39 is 9.84 Å². The van der Waals surface area contributed by atoms with E-state index in [9.17, 15) is 13.2 Å². The lowest BCUT2D eigenvalue weighted by Gasteiger charge is -2.11. The van der Waals surface area contributed by atoms with Gasteiger partial charge in [0.05, 0.1) is 11.5 Å². The molecule has 1 heterocycles. The number of rotatable bonds is 7. The zero-order valence-corrected chi connectivity index (χ0v) is 15.2. The van der Waals surface area contributed by atoms with Crippen LogP contribution in [0.1, 0.15) is 12.8 Å². The van der Waals surface area contributed by atoms with E-state index in [4.69, 9.17) is 4.74 Å².